The standard InChI is InChI=1S/C37H51ClN2O6SSi/c1-36(2,3)48(4,5)46-22-29-10-6-7-11-33(41)30-15-12-27(30)21-40-23-37(18-8-9-25-19-28(38)14-16-31(25)37)24-45-34-17-13-26(20-32(34)40)35(42)39-47(29,43)44/h7,11,13-14,16-17,19-20,27,29-30,33,41H,6,8-10,12,15,18,21-24H2,1-5H3,(H,39,42)/b11-7+/t27-,29-,30+,33-,37-/m0/s1. The molecule has 2 aliphatic heterocycles. The van der Waals surface area contributed by atoms with Gasteiger partial charge < -0.3 is 19.2 Å². The van der Waals surface area contributed by atoms with Crippen LogP contribution in [0.4, 0.5) is 5.69 Å². The number of amides is 1. The first-order valence-corrected chi connectivity index (χ1v) is 22.3. The van der Waals surface area contributed by atoms with E-state index in [0.717, 1.165) is 42.8 Å². The van der Waals surface area contributed by atoms with Crippen molar-refractivity contribution in [1.82, 2.24) is 4.72 Å². The summed E-state index contributed by atoms with van der Waals surface area (Å²) >= 11 is 6.42. The van der Waals surface area contributed by atoms with Gasteiger partial charge in [0.1, 0.15) is 11.0 Å². The van der Waals surface area contributed by atoms with Gasteiger partial charge >= 0.3 is 0 Å². The molecule has 2 heterocycles. The van der Waals surface area contributed by atoms with Crippen LogP contribution < -0.4 is 14.4 Å². The Hall–Kier alpha value is -2.37. The van der Waals surface area contributed by atoms with Crippen LogP contribution >= 0.6 is 11.6 Å². The zero-order valence-electron chi connectivity index (χ0n) is 28.9. The van der Waals surface area contributed by atoms with E-state index in [2.05, 4.69) is 55.6 Å². The van der Waals surface area contributed by atoms with Gasteiger partial charge in [0.25, 0.3) is 5.91 Å². The number of hydrogen-bond acceptors (Lipinski definition) is 7. The number of aliphatic hydroxyl groups excluding tert-OH is 1. The number of fused-ring (bicyclic) bond motifs is 4. The zero-order chi connectivity index (χ0) is 34.5. The number of carbonyl (C=O) groups excluding carboxylic acids is 1. The number of sulfonamides is 1. The lowest BCUT2D eigenvalue weighted by Gasteiger charge is -2.45. The van der Waals surface area contributed by atoms with Crippen LogP contribution in [0.5, 0.6) is 5.75 Å². The summed E-state index contributed by atoms with van der Waals surface area (Å²) < 4.78 is 43.0. The number of nitrogens with one attached hydrogen (secondary N) is 1. The molecule has 2 aromatic rings. The average Bonchev–Trinajstić information content (AvgIpc) is 3.14. The monoisotopic (exact) mass is 714 g/mol. The molecular weight excluding hydrogens is 664 g/mol. The molecule has 0 radical (unpaired) electrons. The van der Waals surface area contributed by atoms with Crippen molar-refractivity contribution >= 4 is 41.5 Å². The molecule has 1 spiro atoms. The highest BCUT2D eigenvalue weighted by Crippen LogP contribution is 2.47. The number of aliphatic hydroxyl groups is 1. The molecular formula is C37H51ClN2O6SSi. The van der Waals surface area contributed by atoms with E-state index in [-0.39, 0.29) is 40.9 Å². The Morgan fingerprint density at radius 1 is 1.15 bits per heavy atom. The number of hydrogen-bond donors (Lipinski definition) is 2. The maximum atomic E-state index is 13.8. The van der Waals surface area contributed by atoms with Crippen LogP contribution in [0.1, 0.15) is 80.8 Å². The number of carbonyl (C=O) groups is 1. The van der Waals surface area contributed by atoms with Gasteiger partial charge in [-0.3, -0.25) is 4.79 Å². The summed E-state index contributed by atoms with van der Waals surface area (Å²) in [6.07, 6.45) is 8.70. The maximum absolute atomic E-state index is 13.8. The minimum absolute atomic E-state index is 0.000767. The third kappa shape index (κ3) is 7.11. The minimum atomic E-state index is -4.09. The average molecular weight is 715 g/mol. The zero-order valence-corrected chi connectivity index (χ0v) is 31.5. The Balaban J connectivity index is 1.36. The molecule has 48 heavy (non-hydrogen) atoms. The molecule has 4 aliphatic rings. The molecule has 262 valence electrons. The molecule has 0 aromatic heterocycles. The van der Waals surface area contributed by atoms with Crippen molar-refractivity contribution in [3.63, 3.8) is 0 Å². The van der Waals surface area contributed by atoms with Gasteiger partial charge in [0.05, 0.1) is 25.0 Å². The molecule has 1 saturated carbocycles. The lowest BCUT2D eigenvalue weighted by Crippen LogP contribution is -2.49. The number of allylic oxidation sites excluding steroid dienone is 1. The first kappa shape index (κ1) is 35.5. The molecule has 2 bridgehead atoms. The fourth-order valence-electron chi connectivity index (χ4n) is 7.59. The third-order valence-electron chi connectivity index (χ3n) is 11.8. The Kier molecular flexibility index (Phi) is 9.89. The lowest BCUT2D eigenvalue weighted by molar-refractivity contribution is 0.0456. The van der Waals surface area contributed by atoms with E-state index in [4.69, 9.17) is 20.8 Å². The van der Waals surface area contributed by atoms with Gasteiger partial charge in [-0.2, -0.15) is 0 Å². The lowest BCUT2D eigenvalue weighted by atomic mass is 9.68. The van der Waals surface area contributed by atoms with E-state index < -0.39 is 35.6 Å². The fourth-order valence-corrected chi connectivity index (χ4v) is 10.2. The summed E-state index contributed by atoms with van der Waals surface area (Å²) in [6.45, 7) is 12.4. The molecule has 6 rings (SSSR count). The van der Waals surface area contributed by atoms with Gasteiger partial charge in [-0.25, -0.2) is 13.1 Å². The maximum Gasteiger partial charge on any atom is 0.264 e. The molecule has 11 heteroatoms. The van der Waals surface area contributed by atoms with Gasteiger partial charge in [0.15, 0.2) is 8.32 Å². The summed E-state index contributed by atoms with van der Waals surface area (Å²) in [4.78, 5) is 16.0. The summed E-state index contributed by atoms with van der Waals surface area (Å²) in [5, 5.41) is 11.0. The van der Waals surface area contributed by atoms with Crippen LogP contribution in [0.25, 0.3) is 0 Å². The highest BCUT2D eigenvalue weighted by atomic mass is 35.5. The van der Waals surface area contributed by atoms with Crippen LogP contribution in [0.2, 0.25) is 23.2 Å². The topological polar surface area (TPSA) is 105 Å². The highest BCUT2D eigenvalue weighted by Gasteiger charge is 2.45. The Morgan fingerprint density at radius 3 is 2.67 bits per heavy atom. The molecule has 2 N–H and O–H groups in total. The van der Waals surface area contributed by atoms with Gasteiger partial charge in [-0.05, 0) is 116 Å². The van der Waals surface area contributed by atoms with Crippen molar-refractivity contribution in [2.24, 2.45) is 11.8 Å². The molecule has 5 atom stereocenters. The number of ether oxygens (including phenoxy) is 1. The predicted octanol–water partition coefficient (Wildman–Crippen LogP) is 7.00. The molecule has 0 unspecified atom stereocenters. The van der Waals surface area contributed by atoms with E-state index >= 15 is 0 Å². The van der Waals surface area contributed by atoms with E-state index in [1.165, 1.54) is 11.1 Å². The van der Waals surface area contributed by atoms with Gasteiger partial charge in [0, 0.05) is 29.1 Å². The van der Waals surface area contributed by atoms with Crippen molar-refractivity contribution in [1.29, 1.82) is 0 Å². The number of anilines is 1. The first-order chi connectivity index (χ1) is 22.6. The van der Waals surface area contributed by atoms with Crippen molar-refractivity contribution in [3.8, 4) is 5.75 Å². The Bertz CT molecular complexity index is 1670. The number of rotatable bonds is 3. The second-order valence-corrected chi connectivity index (χ2v) is 23.2. The van der Waals surface area contributed by atoms with Crippen molar-refractivity contribution < 1.29 is 27.5 Å². The number of halogens is 1. The normalized spacial score (nSPS) is 29.8. The second-order valence-electron chi connectivity index (χ2n) is 16.0. The van der Waals surface area contributed by atoms with E-state index in [1.807, 2.05) is 18.2 Å². The van der Waals surface area contributed by atoms with Crippen molar-refractivity contribution in [3.05, 3.63) is 70.3 Å². The molecule has 0 saturated heterocycles. The van der Waals surface area contributed by atoms with Crippen LogP contribution in [0.15, 0.2) is 48.6 Å². The molecule has 2 aromatic carbocycles. The van der Waals surface area contributed by atoms with Crippen LogP contribution in [-0.2, 0) is 26.3 Å². The first-order valence-electron chi connectivity index (χ1n) is 17.4. The summed E-state index contributed by atoms with van der Waals surface area (Å²) in [5.41, 5.74) is 3.26. The number of nitrogens with zero attached hydrogens (tertiary/aromatic N) is 1. The fraction of sp³-hybridized carbons (Fsp3) is 0.595. The van der Waals surface area contributed by atoms with Crippen molar-refractivity contribution in [2.75, 3.05) is 31.2 Å². The van der Waals surface area contributed by atoms with Crippen LogP contribution in [-0.4, -0.2) is 65.4 Å². The number of aryl methyl sites for hydroxylation is 1. The quantitative estimate of drug-likeness (QED) is 0.261. The SMILES string of the molecule is CC(C)(C)[Si](C)(C)OC[C@@H]1CC/C=C/[C@H](O)[C@@H]2CC[C@H]2CN2C[C@@]3(CCCc4cc(Cl)ccc43)COc3ccc(cc32)C(=O)NS1(=O)=O. The van der Waals surface area contributed by atoms with Crippen molar-refractivity contribution in [2.45, 2.75) is 101 Å². The van der Waals surface area contributed by atoms with Crippen LogP contribution in [0.3, 0.4) is 0 Å². The van der Waals surface area contributed by atoms with Gasteiger partial charge in [-0.1, -0.05) is 50.6 Å². The van der Waals surface area contributed by atoms with E-state index in [1.54, 1.807) is 18.2 Å². The highest BCUT2D eigenvalue weighted by molar-refractivity contribution is 7.90. The van der Waals surface area contributed by atoms with Gasteiger partial charge in [0.2, 0.25) is 10.0 Å². The Morgan fingerprint density at radius 2 is 1.94 bits per heavy atom. The minimum Gasteiger partial charge on any atom is -0.490 e. The molecule has 8 nitrogen and oxygen atoms in total. The summed E-state index contributed by atoms with van der Waals surface area (Å²) in [5.74, 6) is 0.372. The molecule has 1 amide bonds. The largest absolute Gasteiger partial charge is 0.490 e. The molecule has 2 aliphatic carbocycles. The number of benzene rings is 2. The predicted molar refractivity (Wildman–Crippen MR) is 194 cm³/mol. The molecule has 1 fully saturated rings. The van der Waals surface area contributed by atoms with Gasteiger partial charge in [-0.15, -0.1) is 0 Å². The summed E-state index contributed by atoms with van der Waals surface area (Å²) in [6, 6.07) is 11.4. The van der Waals surface area contributed by atoms with Crippen LogP contribution in [0, 0.1) is 11.8 Å². The smallest absolute Gasteiger partial charge is 0.264 e. The van der Waals surface area contributed by atoms with E-state index in [0.29, 0.717) is 31.9 Å². The Labute approximate surface area is 292 Å². The third-order valence-corrected chi connectivity index (χ3v) is 18.2. The second kappa shape index (κ2) is 13.4. The summed E-state index contributed by atoms with van der Waals surface area (Å²) in [7, 11) is -6.35. The van der Waals surface area contributed by atoms with E-state index in [9.17, 15) is 18.3 Å².